The molecule has 2 aromatic heterocycles. The Morgan fingerprint density at radius 2 is 1.93 bits per heavy atom. The van der Waals surface area contributed by atoms with Crippen LogP contribution in [-0.2, 0) is 0 Å². The van der Waals surface area contributed by atoms with Gasteiger partial charge in [0.05, 0.1) is 12.3 Å². The third-order valence-electron chi connectivity index (χ3n) is 4.69. The molecular weight excluding hydrogens is 360 g/mol. The first-order valence-corrected chi connectivity index (χ1v) is 9.58. The number of hydrogen-bond donors (Lipinski definition) is 1. The zero-order valence-electron chi connectivity index (χ0n) is 15.0. The fourth-order valence-corrected chi connectivity index (χ4v) is 3.47. The number of aromatic nitrogens is 2. The lowest BCUT2D eigenvalue weighted by atomic mass is 10.1. The largest absolute Gasteiger partial charge is 0.491 e. The minimum Gasteiger partial charge on any atom is -0.491 e. The van der Waals surface area contributed by atoms with Gasteiger partial charge in [-0.05, 0) is 49.3 Å². The highest BCUT2D eigenvalue weighted by molar-refractivity contribution is 7.80. The van der Waals surface area contributed by atoms with Crippen molar-refractivity contribution in [2.75, 3.05) is 37.7 Å². The second-order valence-corrected chi connectivity index (χ2v) is 6.83. The predicted octanol–water partition coefficient (Wildman–Crippen LogP) is 2.05. The fraction of sp³-hybridized carbons (Fsp3) is 0.368. The topological polar surface area (TPSA) is 65.9 Å². The van der Waals surface area contributed by atoms with Crippen molar-refractivity contribution in [3.05, 3.63) is 48.4 Å². The maximum absolute atomic E-state index is 5.73. The van der Waals surface area contributed by atoms with Gasteiger partial charge in [-0.25, -0.2) is 4.98 Å². The predicted molar refractivity (Wildman–Crippen MR) is 109 cm³/mol. The number of ether oxygens (including phenoxy) is 1. The third kappa shape index (κ3) is 4.16. The second-order valence-electron chi connectivity index (χ2n) is 6.44. The molecule has 0 radical (unpaired) electrons. The standard InChI is InChI=1S/C19H22N6OS/c27-19(25-12-10-24(11-13-25)17-7-1-2-8-20-17)23-22-15-5-4-14-26-16-6-3-9-21-18(15)16/h1-3,6-9H,4-5,10-14H2,(H,23,27)/b22-15-. The van der Waals surface area contributed by atoms with E-state index in [4.69, 9.17) is 17.0 Å². The molecule has 0 aromatic carbocycles. The van der Waals surface area contributed by atoms with Crippen LogP contribution in [0.5, 0.6) is 5.75 Å². The lowest BCUT2D eigenvalue weighted by Gasteiger charge is -2.36. The first-order chi connectivity index (χ1) is 13.3. The van der Waals surface area contributed by atoms with Crippen molar-refractivity contribution in [1.82, 2.24) is 20.3 Å². The summed E-state index contributed by atoms with van der Waals surface area (Å²) in [5, 5.41) is 5.20. The van der Waals surface area contributed by atoms with Gasteiger partial charge in [0.2, 0.25) is 0 Å². The van der Waals surface area contributed by atoms with E-state index < -0.39 is 0 Å². The van der Waals surface area contributed by atoms with Crippen LogP contribution < -0.4 is 15.1 Å². The Kier molecular flexibility index (Phi) is 5.43. The smallest absolute Gasteiger partial charge is 0.189 e. The van der Waals surface area contributed by atoms with Crippen LogP contribution in [-0.4, -0.2) is 58.5 Å². The zero-order chi connectivity index (χ0) is 18.5. The molecule has 0 amide bonds. The molecule has 1 saturated heterocycles. The molecule has 7 nitrogen and oxygen atoms in total. The Morgan fingerprint density at radius 1 is 1.07 bits per heavy atom. The van der Waals surface area contributed by atoms with Crippen molar-refractivity contribution >= 4 is 28.9 Å². The number of nitrogens with zero attached hydrogens (tertiary/aromatic N) is 5. The maximum atomic E-state index is 5.73. The van der Waals surface area contributed by atoms with E-state index in [1.165, 1.54) is 0 Å². The molecule has 0 spiro atoms. The molecule has 27 heavy (non-hydrogen) atoms. The zero-order valence-corrected chi connectivity index (χ0v) is 15.9. The van der Waals surface area contributed by atoms with Gasteiger partial charge in [0.25, 0.3) is 0 Å². The molecule has 140 valence electrons. The van der Waals surface area contributed by atoms with E-state index in [0.717, 1.165) is 62.0 Å². The van der Waals surface area contributed by atoms with Gasteiger partial charge in [-0.3, -0.25) is 10.4 Å². The number of hydrazone groups is 1. The number of fused-ring (bicyclic) bond motifs is 1. The minimum atomic E-state index is 0.644. The number of rotatable bonds is 2. The molecule has 0 aliphatic carbocycles. The Labute approximate surface area is 164 Å². The monoisotopic (exact) mass is 382 g/mol. The summed E-state index contributed by atoms with van der Waals surface area (Å²) in [5.74, 6) is 1.79. The molecule has 4 heterocycles. The summed E-state index contributed by atoms with van der Waals surface area (Å²) < 4.78 is 5.73. The van der Waals surface area contributed by atoms with Crippen LogP contribution in [0.2, 0.25) is 0 Å². The van der Waals surface area contributed by atoms with Gasteiger partial charge < -0.3 is 14.5 Å². The lowest BCUT2D eigenvalue weighted by molar-refractivity contribution is 0.317. The van der Waals surface area contributed by atoms with Gasteiger partial charge in [-0.1, -0.05) is 6.07 Å². The average Bonchev–Trinajstić information content (AvgIpc) is 2.95. The summed E-state index contributed by atoms with van der Waals surface area (Å²) in [6.45, 7) is 4.12. The van der Waals surface area contributed by atoms with E-state index in [9.17, 15) is 0 Å². The van der Waals surface area contributed by atoms with Crippen LogP contribution in [0.3, 0.4) is 0 Å². The van der Waals surface area contributed by atoms with E-state index in [2.05, 4.69) is 30.3 Å². The van der Waals surface area contributed by atoms with Crippen molar-refractivity contribution in [3.8, 4) is 5.75 Å². The first kappa shape index (κ1) is 17.7. The van der Waals surface area contributed by atoms with Gasteiger partial charge in [0.15, 0.2) is 5.11 Å². The van der Waals surface area contributed by atoms with Gasteiger partial charge in [-0.2, -0.15) is 5.10 Å². The maximum Gasteiger partial charge on any atom is 0.189 e. The molecule has 1 N–H and O–H groups in total. The Balaban J connectivity index is 1.37. The van der Waals surface area contributed by atoms with Gasteiger partial charge in [0, 0.05) is 38.6 Å². The molecule has 2 aliphatic heterocycles. The van der Waals surface area contributed by atoms with E-state index in [0.29, 0.717) is 11.7 Å². The number of nitrogens with one attached hydrogen (secondary N) is 1. The third-order valence-corrected chi connectivity index (χ3v) is 5.04. The Hall–Kier alpha value is -2.74. The SMILES string of the molecule is S=C(N/N=C1/CCCOc2cccnc21)N1CCN(c2ccccn2)CC1. The van der Waals surface area contributed by atoms with E-state index in [1.54, 1.807) is 6.20 Å². The normalized spacial score (nSPS) is 18.4. The molecule has 0 bridgehead atoms. The van der Waals surface area contributed by atoms with Gasteiger partial charge in [-0.15, -0.1) is 0 Å². The van der Waals surface area contributed by atoms with E-state index >= 15 is 0 Å². The average molecular weight is 382 g/mol. The fourth-order valence-electron chi connectivity index (χ4n) is 3.24. The molecule has 2 aromatic rings. The first-order valence-electron chi connectivity index (χ1n) is 9.17. The molecule has 0 saturated carbocycles. The van der Waals surface area contributed by atoms with Crippen LogP contribution in [0.4, 0.5) is 5.82 Å². The number of pyridine rings is 2. The summed E-state index contributed by atoms with van der Waals surface area (Å²) >= 11 is 5.55. The van der Waals surface area contributed by atoms with Crippen molar-refractivity contribution in [2.45, 2.75) is 12.8 Å². The molecule has 0 atom stereocenters. The molecule has 2 aliphatic rings. The number of anilines is 1. The summed E-state index contributed by atoms with van der Waals surface area (Å²) in [6, 6.07) is 9.79. The number of hydrogen-bond acceptors (Lipinski definition) is 6. The highest BCUT2D eigenvalue weighted by atomic mass is 32.1. The van der Waals surface area contributed by atoms with E-state index in [1.807, 2.05) is 36.5 Å². The number of thiocarbonyl (C=S) groups is 1. The highest BCUT2D eigenvalue weighted by Crippen LogP contribution is 2.21. The van der Waals surface area contributed by atoms with Crippen molar-refractivity contribution in [2.24, 2.45) is 5.10 Å². The Bertz CT molecular complexity index is 820. The summed E-state index contributed by atoms with van der Waals surface area (Å²) in [5.41, 5.74) is 4.74. The molecule has 0 unspecified atom stereocenters. The van der Waals surface area contributed by atoms with Crippen LogP contribution in [0.25, 0.3) is 0 Å². The van der Waals surface area contributed by atoms with Crippen LogP contribution >= 0.6 is 12.2 Å². The van der Waals surface area contributed by atoms with Crippen molar-refractivity contribution in [3.63, 3.8) is 0 Å². The molecule has 1 fully saturated rings. The lowest BCUT2D eigenvalue weighted by Crippen LogP contribution is -2.51. The van der Waals surface area contributed by atoms with Gasteiger partial charge in [0.1, 0.15) is 17.3 Å². The van der Waals surface area contributed by atoms with E-state index in [-0.39, 0.29) is 0 Å². The highest BCUT2D eigenvalue weighted by Gasteiger charge is 2.20. The minimum absolute atomic E-state index is 0.644. The number of piperazine rings is 1. The molecular formula is C19H22N6OS. The molecule has 4 rings (SSSR count). The molecule has 8 heteroatoms. The van der Waals surface area contributed by atoms with Crippen molar-refractivity contribution in [1.29, 1.82) is 0 Å². The second kappa shape index (κ2) is 8.30. The summed E-state index contributed by atoms with van der Waals surface area (Å²) in [4.78, 5) is 13.3. The summed E-state index contributed by atoms with van der Waals surface area (Å²) in [6.07, 6.45) is 5.31. The summed E-state index contributed by atoms with van der Waals surface area (Å²) in [7, 11) is 0. The van der Waals surface area contributed by atoms with Crippen LogP contribution in [0, 0.1) is 0 Å². The van der Waals surface area contributed by atoms with Crippen molar-refractivity contribution < 1.29 is 4.74 Å². The van der Waals surface area contributed by atoms with Crippen LogP contribution in [0.15, 0.2) is 47.8 Å². The quantitative estimate of drug-likeness (QED) is 0.630. The Morgan fingerprint density at radius 3 is 2.74 bits per heavy atom. The van der Waals surface area contributed by atoms with Gasteiger partial charge >= 0.3 is 0 Å². The van der Waals surface area contributed by atoms with Crippen LogP contribution in [0.1, 0.15) is 18.5 Å².